The predicted molar refractivity (Wildman–Crippen MR) is 114 cm³/mol. The summed E-state index contributed by atoms with van der Waals surface area (Å²) in [6, 6.07) is 10.8. The Morgan fingerprint density at radius 2 is 2.04 bits per heavy atom. The molecule has 1 N–H and O–H groups in total. The molecular weight excluding hydrogens is 397 g/mol. The van der Waals surface area contributed by atoms with Gasteiger partial charge in [0.25, 0.3) is 5.91 Å². The molecule has 0 spiro atoms. The van der Waals surface area contributed by atoms with Crippen molar-refractivity contribution in [3.63, 3.8) is 0 Å². The highest BCUT2D eigenvalue weighted by Crippen LogP contribution is 2.30. The van der Waals surface area contributed by atoms with Crippen LogP contribution in [0, 0.1) is 5.82 Å². The van der Waals surface area contributed by atoms with Crippen molar-refractivity contribution < 1.29 is 13.9 Å². The van der Waals surface area contributed by atoms with Crippen LogP contribution in [-0.2, 0) is 23.4 Å². The third-order valence-corrected chi connectivity index (χ3v) is 6.22. The van der Waals surface area contributed by atoms with Crippen molar-refractivity contribution in [1.29, 1.82) is 0 Å². The summed E-state index contributed by atoms with van der Waals surface area (Å²) in [6.45, 7) is 2.26. The summed E-state index contributed by atoms with van der Waals surface area (Å²) in [5, 5.41) is 3.32. The number of thioether (sulfide) groups is 1. The van der Waals surface area contributed by atoms with E-state index in [4.69, 9.17) is 16.3 Å². The molecule has 28 heavy (non-hydrogen) atoms. The van der Waals surface area contributed by atoms with Gasteiger partial charge in [-0.25, -0.2) is 4.39 Å². The van der Waals surface area contributed by atoms with E-state index in [1.54, 1.807) is 19.1 Å². The topological polar surface area (TPSA) is 38.3 Å². The SMILES string of the molecule is CC(Oc1cccc2c1CCCC2)C(=O)NCCSCc1c(F)cccc1Cl. The van der Waals surface area contributed by atoms with Gasteiger partial charge < -0.3 is 10.1 Å². The second kappa shape index (κ2) is 10.2. The number of carbonyl (C=O) groups excluding carboxylic acids is 1. The van der Waals surface area contributed by atoms with Gasteiger partial charge in [-0.05, 0) is 61.9 Å². The Morgan fingerprint density at radius 3 is 2.86 bits per heavy atom. The fourth-order valence-electron chi connectivity index (χ4n) is 3.34. The summed E-state index contributed by atoms with van der Waals surface area (Å²) in [7, 11) is 0. The molecule has 0 saturated carbocycles. The Labute approximate surface area is 175 Å². The zero-order valence-electron chi connectivity index (χ0n) is 16.0. The lowest BCUT2D eigenvalue weighted by atomic mass is 9.91. The number of hydrogen-bond acceptors (Lipinski definition) is 3. The molecule has 0 saturated heterocycles. The molecule has 1 atom stereocenters. The van der Waals surface area contributed by atoms with Gasteiger partial charge in [0.2, 0.25) is 0 Å². The van der Waals surface area contributed by atoms with Gasteiger partial charge in [-0.1, -0.05) is 29.8 Å². The number of halogens is 2. The lowest BCUT2D eigenvalue weighted by Gasteiger charge is -2.22. The molecule has 0 fully saturated rings. The van der Waals surface area contributed by atoms with Crippen LogP contribution in [0.3, 0.4) is 0 Å². The number of nitrogens with one attached hydrogen (secondary N) is 1. The summed E-state index contributed by atoms with van der Waals surface area (Å²) in [5.41, 5.74) is 3.08. The van der Waals surface area contributed by atoms with E-state index in [0.717, 1.165) is 25.0 Å². The van der Waals surface area contributed by atoms with Crippen LogP contribution in [-0.4, -0.2) is 24.3 Å². The molecular formula is C22H25ClFNO2S. The van der Waals surface area contributed by atoms with E-state index in [1.807, 2.05) is 12.1 Å². The van der Waals surface area contributed by atoms with Crippen molar-refractivity contribution in [2.24, 2.45) is 0 Å². The standard InChI is InChI=1S/C22H25ClFNO2S/c1-15(27-21-11-4-7-16-6-2-3-8-17(16)21)22(26)25-12-13-28-14-18-19(23)9-5-10-20(18)24/h4-5,7,9-11,15H,2-3,6,8,12-14H2,1H3,(H,25,26). The molecule has 3 rings (SSSR count). The van der Waals surface area contributed by atoms with Crippen molar-refractivity contribution in [3.8, 4) is 5.75 Å². The van der Waals surface area contributed by atoms with Crippen LogP contribution in [0.15, 0.2) is 36.4 Å². The van der Waals surface area contributed by atoms with Gasteiger partial charge in [-0.3, -0.25) is 4.79 Å². The maximum Gasteiger partial charge on any atom is 0.260 e. The highest BCUT2D eigenvalue weighted by molar-refractivity contribution is 7.98. The number of aryl methyl sites for hydroxylation is 1. The van der Waals surface area contributed by atoms with Gasteiger partial charge in [-0.15, -0.1) is 0 Å². The number of ether oxygens (including phenoxy) is 1. The van der Waals surface area contributed by atoms with E-state index in [-0.39, 0.29) is 11.7 Å². The first kappa shape index (κ1) is 21.0. The van der Waals surface area contributed by atoms with Crippen molar-refractivity contribution in [3.05, 3.63) is 63.9 Å². The maximum absolute atomic E-state index is 13.7. The molecule has 0 aromatic heterocycles. The van der Waals surface area contributed by atoms with E-state index in [2.05, 4.69) is 11.4 Å². The second-order valence-corrected chi connectivity index (χ2v) is 8.42. The number of fused-ring (bicyclic) bond motifs is 1. The van der Waals surface area contributed by atoms with Crippen LogP contribution >= 0.6 is 23.4 Å². The summed E-state index contributed by atoms with van der Waals surface area (Å²) < 4.78 is 19.7. The number of rotatable bonds is 8. The highest BCUT2D eigenvalue weighted by atomic mass is 35.5. The first-order valence-corrected chi connectivity index (χ1v) is 11.2. The normalized spacial score (nSPS) is 14.2. The largest absolute Gasteiger partial charge is 0.481 e. The maximum atomic E-state index is 13.7. The Morgan fingerprint density at radius 1 is 1.25 bits per heavy atom. The summed E-state index contributed by atoms with van der Waals surface area (Å²) in [6.07, 6.45) is 3.91. The molecule has 0 heterocycles. The Kier molecular flexibility index (Phi) is 7.63. The van der Waals surface area contributed by atoms with E-state index in [1.165, 1.54) is 35.4 Å². The fourth-order valence-corrected chi connectivity index (χ4v) is 4.53. The lowest BCUT2D eigenvalue weighted by molar-refractivity contribution is -0.127. The van der Waals surface area contributed by atoms with Gasteiger partial charge >= 0.3 is 0 Å². The number of benzene rings is 2. The van der Waals surface area contributed by atoms with Gasteiger partial charge in [0, 0.05) is 28.6 Å². The van der Waals surface area contributed by atoms with Crippen LogP contribution in [0.4, 0.5) is 4.39 Å². The summed E-state index contributed by atoms with van der Waals surface area (Å²) in [4.78, 5) is 12.3. The molecule has 1 aliphatic rings. The molecule has 1 amide bonds. The summed E-state index contributed by atoms with van der Waals surface area (Å²) in [5.74, 6) is 1.53. The van der Waals surface area contributed by atoms with E-state index >= 15 is 0 Å². The Bertz CT molecular complexity index is 810. The van der Waals surface area contributed by atoms with E-state index in [9.17, 15) is 9.18 Å². The van der Waals surface area contributed by atoms with Crippen LogP contribution < -0.4 is 10.1 Å². The average molecular weight is 422 g/mol. The van der Waals surface area contributed by atoms with Crippen molar-refractivity contribution in [2.75, 3.05) is 12.3 Å². The smallest absolute Gasteiger partial charge is 0.260 e. The zero-order valence-corrected chi connectivity index (χ0v) is 17.5. The van der Waals surface area contributed by atoms with E-state index in [0.29, 0.717) is 28.6 Å². The minimum atomic E-state index is -0.556. The molecule has 0 bridgehead atoms. The van der Waals surface area contributed by atoms with E-state index < -0.39 is 6.10 Å². The van der Waals surface area contributed by atoms with Crippen molar-refractivity contribution >= 4 is 29.3 Å². The number of hydrogen-bond donors (Lipinski definition) is 1. The first-order valence-electron chi connectivity index (χ1n) is 9.62. The molecule has 0 aliphatic heterocycles. The monoisotopic (exact) mass is 421 g/mol. The van der Waals surface area contributed by atoms with Crippen LogP contribution in [0.5, 0.6) is 5.75 Å². The van der Waals surface area contributed by atoms with Crippen LogP contribution in [0.25, 0.3) is 0 Å². The van der Waals surface area contributed by atoms with Gasteiger partial charge in [0.1, 0.15) is 11.6 Å². The Hall–Kier alpha value is -1.72. The predicted octanol–water partition coefficient (Wildman–Crippen LogP) is 5.17. The first-order chi connectivity index (χ1) is 13.6. The zero-order chi connectivity index (χ0) is 19.9. The lowest BCUT2D eigenvalue weighted by Crippen LogP contribution is -2.37. The molecule has 2 aromatic rings. The third-order valence-electron chi connectivity index (χ3n) is 4.88. The highest BCUT2D eigenvalue weighted by Gasteiger charge is 2.19. The number of amides is 1. The third kappa shape index (κ3) is 5.42. The molecule has 3 nitrogen and oxygen atoms in total. The minimum Gasteiger partial charge on any atom is -0.481 e. The average Bonchev–Trinajstić information content (AvgIpc) is 2.69. The number of carbonyl (C=O) groups is 1. The van der Waals surface area contributed by atoms with Crippen LogP contribution in [0.2, 0.25) is 5.02 Å². The minimum absolute atomic E-state index is 0.141. The summed E-state index contributed by atoms with van der Waals surface area (Å²) >= 11 is 7.55. The Balaban J connectivity index is 1.43. The van der Waals surface area contributed by atoms with Crippen LogP contribution in [0.1, 0.15) is 36.5 Å². The molecule has 6 heteroatoms. The quantitative estimate of drug-likeness (QED) is 0.597. The van der Waals surface area contributed by atoms with Crippen molar-refractivity contribution in [1.82, 2.24) is 5.32 Å². The molecule has 0 radical (unpaired) electrons. The van der Waals surface area contributed by atoms with Crippen molar-refractivity contribution in [2.45, 2.75) is 44.5 Å². The molecule has 150 valence electrons. The van der Waals surface area contributed by atoms with Gasteiger partial charge in [0.05, 0.1) is 0 Å². The molecule has 1 aliphatic carbocycles. The van der Waals surface area contributed by atoms with Gasteiger partial charge in [-0.2, -0.15) is 11.8 Å². The molecule has 1 unspecified atom stereocenters. The van der Waals surface area contributed by atoms with Gasteiger partial charge in [0.15, 0.2) is 6.10 Å². The fraction of sp³-hybridized carbons (Fsp3) is 0.409. The molecule has 2 aromatic carbocycles. The second-order valence-electron chi connectivity index (χ2n) is 6.90.